The lowest BCUT2D eigenvalue weighted by Gasteiger charge is -2.08. The summed E-state index contributed by atoms with van der Waals surface area (Å²) in [6.45, 7) is 0. The number of para-hydroxylation sites is 1. The molecule has 0 radical (unpaired) electrons. The Balaban J connectivity index is 2.37. The molecule has 1 heterocycles. The minimum atomic E-state index is -3.75. The first-order valence-electron chi connectivity index (χ1n) is 4.89. The van der Waals surface area contributed by atoms with Crippen LogP contribution < -0.4 is 4.72 Å². The Hall–Kier alpha value is -1.54. The zero-order valence-electron chi connectivity index (χ0n) is 9.33. The second-order valence-electron chi connectivity index (χ2n) is 3.59. The molecule has 1 aromatic heterocycles. The van der Waals surface area contributed by atoms with Crippen LogP contribution in [0.2, 0.25) is 0 Å². The highest BCUT2D eigenvalue weighted by atomic mass is 79.9. The van der Waals surface area contributed by atoms with Gasteiger partial charge >= 0.3 is 0 Å². The molecule has 2 rings (SSSR count). The third-order valence-corrected chi connectivity index (χ3v) is 4.18. The molecule has 0 atom stereocenters. The smallest absolute Gasteiger partial charge is 0.265 e. The van der Waals surface area contributed by atoms with Crippen molar-refractivity contribution in [3.05, 3.63) is 35.1 Å². The van der Waals surface area contributed by atoms with Crippen LogP contribution >= 0.6 is 15.9 Å². The topological polar surface area (TPSA) is 84.2 Å². The van der Waals surface area contributed by atoms with E-state index < -0.39 is 10.0 Å². The van der Waals surface area contributed by atoms with Gasteiger partial charge in [0.2, 0.25) is 0 Å². The van der Waals surface area contributed by atoms with Crippen LogP contribution in [0.25, 0.3) is 0 Å². The molecule has 0 aliphatic rings. The van der Waals surface area contributed by atoms with Crippen molar-refractivity contribution in [3.63, 3.8) is 0 Å². The number of nitrogens with zero attached hydrogens (tertiary/aromatic N) is 2. The van der Waals surface area contributed by atoms with E-state index in [0.717, 1.165) is 0 Å². The molecule has 18 heavy (non-hydrogen) atoms. The number of nitrogens with one attached hydrogen (secondary N) is 1. The van der Waals surface area contributed by atoms with Crippen LogP contribution in [0.15, 0.2) is 40.0 Å². The number of benzene rings is 1. The van der Waals surface area contributed by atoms with Gasteiger partial charge < -0.3 is 5.11 Å². The Bertz CT molecular complexity index is 681. The molecule has 8 heteroatoms. The van der Waals surface area contributed by atoms with Gasteiger partial charge in [-0.3, -0.25) is 9.40 Å². The fraction of sp³-hybridized carbons (Fsp3) is 0.100. The molecule has 0 spiro atoms. The van der Waals surface area contributed by atoms with Crippen molar-refractivity contribution in [3.8, 4) is 5.75 Å². The van der Waals surface area contributed by atoms with Crippen LogP contribution in [0, 0.1) is 0 Å². The largest absolute Gasteiger partial charge is 0.505 e. The highest BCUT2D eigenvalue weighted by Gasteiger charge is 2.18. The third-order valence-electron chi connectivity index (χ3n) is 2.22. The maximum absolute atomic E-state index is 12.0. The fourth-order valence-electron chi connectivity index (χ4n) is 1.34. The maximum Gasteiger partial charge on any atom is 0.265 e. The van der Waals surface area contributed by atoms with Gasteiger partial charge in [0.05, 0.1) is 16.4 Å². The second kappa shape index (κ2) is 4.62. The first-order valence-corrected chi connectivity index (χ1v) is 7.17. The van der Waals surface area contributed by atoms with Gasteiger partial charge in [-0.2, -0.15) is 5.10 Å². The number of aromatic hydroxyl groups is 1. The Kier molecular flexibility index (Phi) is 3.31. The molecule has 0 bridgehead atoms. The van der Waals surface area contributed by atoms with Gasteiger partial charge in [-0.15, -0.1) is 0 Å². The molecule has 0 amide bonds. The quantitative estimate of drug-likeness (QED) is 0.838. The summed E-state index contributed by atoms with van der Waals surface area (Å²) in [5.74, 6) is -0.162. The van der Waals surface area contributed by atoms with E-state index in [1.54, 1.807) is 19.2 Å². The van der Waals surface area contributed by atoms with Gasteiger partial charge in [0, 0.05) is 13.2 Å². The fourth-order valence-corrected chi connectivity index (χ4v) is 2.75. The summed E-state index contributed by atoms with van der Waals surface area (Å²) in [4.78, 5) is 0.0318. The van der Waals surface area contributed by atoms with Crippen LogP contribution in [0.5, 0.6) is 5.75 Å². The van der Waals surface area contributed by atoms with Gasteiger partial charge in [-0.05, 0) is 28.1 Å². The van der Waals surface area contributed by atoms with Gasteiger partial charge in [-0.1, -0.05) is 6.07 Å². The van der Waals surface area contributed by atoms with Gasteiger partial charge in [-0.25, -0.2) is 8.42 Å². The van der Waals surface area contributed by atoms with Crippen LogP contribution in [0.3, 0.4) is 0 Å². The third kappa shape index (κ3) is 2.49. The Morgan fingerprint density at radius 2 is 2.17 bits per heavy atom. The number of aryl methyl sites for hydroxylation is 1. The molecule has 96 valence electrons. The molecule has 6 nitrogen and oxygen atoms in total. The number of anilines is 1. The lowest BCUT2D eigenvalue weighted by atomic mass is 10.3. The van der Waals surface area contributed by atoms with E-state index in [1.165, 1.54) is 23.1 Å². The van der Waals surface area contributed by atoms with E-state index in [0.29, 0.717) is 4.47 Å². The number of sulfonamides is 1. The highest BCUT2D eigenvalue weighted by Crippen LogP contribution is 2.32. The standard InChI is InChI=1S/C10H10BrN3O3S/c1-14-6-7(5-12-14)18(16,17)13-9-4-2-3-8(11)10(9)15/h2-6,13,15H,1H3. The molecule has 0 aliphatic heterocycles. The molecule has 0 fully saturated rings. The molecule has 1 aromatic carbocycles. The van der Waals surface area contributed by atoms with Crippen LogP contribution in [-0.2, 0) is 17.1 Å². The second-order valence-corrected chi connectivity index (χ2v) is 6.13. The summed E-state index contributed by atoms with van der Waals surface area (Å²) >= 11 is 3.11. The number of hydrogen-bond acceptors (Lipinski definition) is 4. The number of halogens is 1. The minimum Gasteiger partial charge on any atom is -0.505 e. The van der Waals surface area contributed by atoms with Crippen molar-refractivity contribution in [2.24, 2.45) is 7.05 Å². The molecular formula is C10H10BrN3O3S. The first-order chi connectivity index (χ1) is 8.40. The zero-order chi connectivity index (χ0) is 13.3. The van der Waals surface area contributed by atoms with E-state index in [4.69, 9.17) is 0 Å². The maximum atomic E-state index is 12.0. The van der Waals surface area contributed by atoms with E-state index in [2.05, 4.69) is 25.8 Å². The summed E-state index contributed by atoms with van der Waals surface area (Å²) in [6, 6.07) is 4.69. The van der Waals surface area contributed by atoms with E-state index in [-0.39, 0.29) is 16.3 Å². The average molecular weight is 332 g/mol. The summed E-state index contributed by atoms with van der Waals surface area (Å²) in [7, 11) is -2.13. The molecule has 0 unspecified atom stereocenters. The Labute approximate surface area is 112 Å². The molecule has 2 N–H and O–H groups in total. The highest BCUT2D eigenvalue weighted by molar-refractivity contribution is 9.10. The van der Waals surface area contributed by atoms with Crippen LogP contribution in [0.1, 0.15) is 0 Å². The van der Waals surface area contributed by atoms with E-state index >= 15 is 0 Å². The Morgan fingerprint density at radius 1 is 1.44 bits per heavy atom. The minimum absolute atomic E-state index is 0.0318. The average Bonchev–Trinajstić information content (AvgIpc) is 2.72. The summed E-state index contributed by atoms with van der Waals surface area (Å²) in [6.07, 6.45) is 2.61. The molecular weight excluding hydrogens is 322 g/mol. The van der Waals surface area contributed by atoms with Crippen molar-refractivity contribution in [1.29, 1.82) is 0 Å². The number of rotatable bonds is 3. The summed E-state index contributed by atoms with van der Waals surface area (Å²) in [5, 5.41) is 13.5. The number of phenols is 1. The lowest BCUT2D eigenvalue weighted by Crippen LogP contribution is -2.12. The molecule has 0 aliphatic carbocycles. The molecule has 0 saturated carbocycles. The summed E-state index contributed by atoms with van der Waals surface area (Å²) < 4.78 is 28.1. The lowest BCUT2D eigenvalue weighted by molar-refractivity contribution is 0.474. The normalized spacial score (nSPS) is 11.4. The SMILES string of the molecule is Cn1cc(S(=O)(=O)Nc2cccc(Br)c2O)cn1. The number of aromatic nitrogens is 2. The monoisotopic (exact) mass is 331 g/mol. The van der Waals surface area contributed by atoms with Gasteiger partial charge in [0.25, 0.3) is 10.0 Å². The van der Waals surface area contributed by atoms with Crippen molar-refractivity contribution in [1.82, 2.24) is 9.78 Å². The van der Waals surface area contributed by atoms with Crippen molar-refractivity contribution in [2.75, 3.05) is 4.72 Å². The predicted octanol–water partition coefficient (Wildman–Crippen LogP) is 1.69. The van der Waals surface area contributed by atoms with Crippen LogP contribution in [0.4, 0.5) is 5.69 Å². The van der Waals surface area contributed by atoms with Gasteiger partial charge in [0.1, 0.15) is 4.90 Å². The number of phenolic OH excluding ortho intramolecular Hbond substituents is 1. The van der Waals surface area contributed by atoms with E-state index in [1.807, 2.05) is 0 Å². The Morgan fingerprint density at radius 3 is 2.78 bits per heavy atom. The molecule has 2 aromatic rings. The zero-order valence-corrected chi connectivity index (χ0v) is 11.7. The van der Waals surface area contributed by atoms with Crippen molar-refractivity contribution < 1.29 is 13.5 Å². The van der Waals surface area contributed by atoms with Crippen molar-refractivity contribution >= 4 is 31.6 Å². The predicted molar refractivity (Wildman–Crippen MR) is 69.8 cm³/mol. The van der Waals surface area contributed by atoms with Gasteiger partial charge in [0.15, 0.2) is 5.75 Å². The number of hydrogen-bond donors (Lipinski definition) is 2. The summed E-state index contributed by atoms with van der Waals surface area (Å²) in [5.41, 5.74) is 0.105. The van der Waals surface area contributed by atoms with Crippen LogP contribution in [-0.4, -0.2) is 23.3 Å². The molecule has 0 saturated heterocycles. The first kappa shape index (κ1) is 12.9. The van der Waals surface area contributed by atoms with E-state index in [9.17, 15) is 13.5 Å². The van der Waals surface area contributed by atoms with Crippen molar-refractivity contribution in [2.45, 2.75) is 4.90 Å².